The summed E-state index contributed by atoms with van der Waals surface area (Å²) in [4.78, 5) is 15.7. The summed E-state index contributed by atoms with van der Waals surface area (Å²) in [5, 5.41) is 9.08. The SMILES string of the molecule is Cc1cccc(-c2nc3cc(C(=O)O)ccc3n2C)c1C. The van der Waals surface area contributed by atoms with E-state index in [9.17, 15) is 4.79 Å². The Morgan fingerprint density at radius 2 is 1.95 bits per heavy atom. The second kappa shape index (κ2) is 4.74. The molecular formula is C17H16N2O2. The van der Waals surface area contributed by atoms with Crippen LogP contribution in [0.3, 0.4) is 0 Å². The van der Waals surface area contributed by atoms with E-state index in [1.54, 1.807) is 18.2 Å². The molecule has 21 heavy (non-hydrogen) atoms. The summed E-state index contributed by atoms with van der Waals surface area (Å²) in [7, 11) is 1.95. The molecule has 3 aromatic rings. The molecule has 4 heteroatoms. The van der Waals surface area contributed by atoms with Crippen LogP contribution in [0.5, 0.6) is 0 Å². The highest BCUT2D eigenvalue weighted by Crippen LogP contribution is 2.28. The number of carboxylic acids is 1. The van der Waals surface area contributed by atoms with Gasteiger partial charge in [-0.15, -0.1) is 0 Å². The van der Waals surface area contributed by atoms with Crippen molar-refractivity contribution in [2.75, 3.05) is 0 Å². The monoisotopic (exact) mass is 280 g/mol. The minimum atomic E-state index is -0.934. The van der Waals surface area contributed by atoms with E-state index in [0.29, 0.717) is 5.52 Å². The molecule has 0 aliphatic carbocycles. The molecule has 3 rings (SSSR count). The zero-order valence-corrected chi connectivity index (χ0v) is 12.2. The Morgan fingerprint density at radius 3 is 2.67 bits per heavy atom. The quantitative estimate of drug-likeness (QED) is 0.781. The molecule has 0 bridgehead atoms. The molecule has 4 nitrogen and oxygen atoms in total. The van der Waals surface area contributed by atoms with E-state index < -0.39 is 5.97 Å². The predicted molar refractivity (Wildman–Crippen MR) is 82.6 cm³/mol. The topological polar surface area (TPSA) is 55.1 Å². The van der Waals surface area contributed by atoms with Crippen molar-refractivity contribution in [3.63, 3.8) is 0 Å². The lowest BCUT2D eigenvalue weighted by molar-refractivity contribution is 0.0697. The molecule has 0 aliphatic heterocycles. The fourth-order valence-electron chi connectivity index (χ4n) is 2.57. The standard InChI is InChI=1S/C17H16N2O2/c1-10-5-4-6-13(11(10)2)16-18-14-9-12(17(20)21)7-8-15(14)19(16)3/h4-9H,1-3H3,(H,20,21). The van der Waals surface area contributed by atoms with Crippen molar-refractivity contribution >= 4 is 17.0 Å². The van der Waals surface area contributed by atoms with E-state index >= 15 is 0 Å². The number of aryl methyl sites for hydroxylation is 2. The van der Waals surface area contributed by atoms with Crippen molar-refractivity contribution in [3.05, 3.63) is 53.1 Å². The summed E-state index contributed by atoms with van der Waals surface area (Å²) in [6.45, 7) is 4.15. The van der Waals surface area contributed by atoms with Gasteiger partial charge in [-0.3, -0.25) is 0 Å². The number of aromatic nitrogens is 2. The van der Waals surface area contributed by atoms with Gasteiger partial charge in [-0.1, -0.05) is 18.2 Å². The van der Waals surface area contributed by atoms with Gasteiger partial charge in [0, 0.05) is 12.6 Å². The van der Waals surface area contributed by atoms with Gasteiger partial charge < -0.3 is 9.67 Å². The summed E-state index contributed by atoms with van der Waals surface area (Å²) in [6.07, 6.45) is 0. The maximum atomic E-state index is 11.1. The van der Waals surface area contributed by atoms with Crippen LogP contribution in [0, 0.1) is 13.8 Å². The Balaban J connectivity index is 2.26. The molecule has 0 aliphatic rings. The molecule has 2 aromatic carbocycles. The van der Waals surface area contributed by atoms with Gasteiger partial charge in [0.15, 0.2) is 0 Å². The largest absolute Gasteiger partial charge is 0.478 e. The number of fused-ring (bicyclic) bond motifs is 1. The maximum absolute atomic E-state index is 11.1. The van der Waals surface area contributed by atoms with E-state index in [1.165, 1.54) is 11.1 Å². The van der Waals surface area contributed by atoms with E-state index in [2.05, 4.69) is 24.9 Å². The molecule has 1 N–H and O–H groups in total. The fraction of sp³-hybridized carbons (Fsp3) is 0.176. The van der Waals surface area contributed by atoms with Crippen LogP contribution in [-0.4, -0.2) is 20.6 Å². The first-order valence-corrected chi connectivity index (χ1v) is 6.75. The molecule has 0 radical (unpaired) electrons. The number of rotatable bonds is 2. The number of benzene rings is 2. The van der Waals surface area contributed by atoms with E-state index in [1.807, 2.05) is 23.7 Å². The molecule has 0 unspecified atom stereocenters. The Hall–Kier alpha value is -2.62. The highest BCUT2D eigenvalue weighted by Gasteiger charge is 2.14. The highest BCUT2D eigenvalue weighted by atomic mass is 16.4. The number of hydrogen-bond donors (Lipinski definition) is 1. The van der Waals surface area contributed by atoms with Gasteiger partial charge in [0.2, 0.25) is 0 Å². The molecular weight excluding hydrogens is 264 g/mol. The molecule has 0 saturated heterocycles. The molecule has 0 saturated carbocycles. The fourth-order valence-corrected chi connectivity index (χ4v) is 2.57. The minimum Gasteiger partial charge on any atom is -0.478 e. The molecule has 0 amide bonds. The minimum absolute atomic E-state index is 0.258. The van der Waals surface area contributed by atoms with Gasteiger partial charge in [0.25, 0.3) is 0 Å². The van der Waals surface area contributed by atoms with Crippen LogP contribution in [0.2, 0.25) is 0 Å². The predicted octanol–water partition coefficient (Wildman–Crippen LogP) is 3.56. The number of hydrogen-bond acceptors (Lipinski definition) is 2. The highest BCUT2D eigenvalue weighted by molar-refractivity contribution is 5.93. The van der Waals surface area contributed by atoms with Crippen LogP contribution < -0.4 is 0 Å². The van der Waals surface area contributed by atoms with Crippen molar-refractivity contribution < 1.29 is 9.90 Å². The third-order valence-corrected chi connectivity index (χ3v) is 3.97. The normalized spacial score (nSPS) is 11.0. The van der Waals surface area contributed by atoms with Crippen LogP contribution in [0.1, 0.15) is 21.5 Å². The summed E-state index contributed by atoms with van der Waals surface area (Å²) in [6, 6.07) is 11.2. The van der Waals surface area contributed by atoms with Gasteiger partial charge in [-0.25, -0.2) is 9.78 Å². The first-order valence-electron chi connectivity index (χ1n) is 6.75. The van der Waals surface area contributed by atoms with Crippen molar-refractivity contribution in [1.82, 2.24) is 9.55 Å². The van der Waals surface area contributed by atoms with Crippen LogP contribution in [0.25, 0.3) is 22.4 Å². The Labute approximate surface area is 122 Å². The van der Waals surface area contributed by atoms with E-state index in [-0.39, 0.29) is 5.56 Å². The molecule has 0 spiro atoms. The summed E-state index contributed by atoms with van der Waals surface area (Å²) in [5.41, 5.74) is 5.36. The first-order chi connectivity index (χ1) is 9.99. The molecule has 1 aromatic heterocycles. The zero-order valence-electron chi connectivity index (χ0n) is 12.2. The van der Waals surface area contributed by atoms with Gasteiger partial charge in [0.05, 0.1) is 16.6 Å². The average Bonchev–Trinajstić information content (AvgIpc) is 2.78. The lowest BCUT2D eigenvalue weighted by Gasteiger charge is -2.08. The van der Waals surface area contributed by atoms with Gasteiger partial charge in [-0.05, 0) is 43.2 Å². The molecule has 0 fully saturated rings. The number of imidazole rings is 1. The molecule has 0 atom stereocenters. The second-order valence-electron chi connectivity index (χ2n) is 5.25. The van der Waals surface area contributed by atoms with Crippen molar-refractivity contribution in [3.8, 4) is 11.4 Å². The van der Waals surface area contributed by atoms with Crippen molar-refractivity contribution in [2.24, 2.45) is 7.05 Å². The summed E-state index contributed by atoms with van der Waals surface area (Å²) < 4.78 is 2.00. The van der Waals surface area contributed by atoms with E-state index in [0.717, 1.165) is 16.9 Å². The number of carboxylic acid groups (broad SMARTS) is 1. The van der Waals surface area contributed by atoms with Gasteiger partial charge >= 0.3 is 5.97 Å². The van der Waals surface area contributed by atoms with Gasteiger partial charge in [-0.2, -0.15) is 0 Å². The van der Waals surface area contributed by atoms with E-state index in [4.69, 9.17) is 5.11 Å². The van der Waals surface area contributed by atoms with Crippen LogP contribution >= 0.6 is 0 Å². The van der Waals surface area contributed by atoms with Crippen LogP contribution in [0.15, 0.2) is 36.4 Å². The zero-order chi connectivity index (χ0) is 15.1. The Morgan fingerprint density at radius 1 is 1.19 bits per heavy atom. The van der Waals surface area contributed by atoms with Gasteiger partial charge in [0.1, 0.15) is 5.82 Å². The second-order valence-corrected chi connectivity index (χ2v) is 5.25. The summed E-state index contributed by atoms with van der Waals surface area (Å²) in [5.74, 6) is -0.0791. The van der Waals surface area contributed by atoms with Crippen molar-refractivity contribution in [2.45, 2.75) is 13.8 Å². The third-order valence-electron chi connectivity index (χ3n) is 3.97. The third kappa shape index (κ3) is 2.09. The smallest absolute Gasteiger partial charge is 0.335 e. The van der Waals surface area contributed by atoms with Crippen LogP contribution in [0.4, 0.5) is 0 Å². The Kier molecular flexibility index (Phi) is 3.01. The lowest BCUT2D eigenvalue weighted by Crippen LogP contribution is -1.96. The number of nitrogens with zero attached hydrogens (tertiary/aromatic N) is 2. The Bertz CT molecular complexity index is 863. The lowest BCUT2D eigenvalue weighted by atomic mass is 10.0. The van der Waals surface area contributed by atoms with Crippen LogP contribution in [-0.2, 0) is 7.05 Å². The number of aromatic carboxylic acids is 1. The summed E-state index contributed by atoms with van der Waals surface area (Å²) >= 11 is 0. The number of carbonyl (C=O) groups is 1. The first kappa shape index (κ1) is 13.4. The average molecular weight is 280 g/mol. The van der Waals surface area contributed by atoms with Crippen molar-refractivity contribution in [1.29, 1.82) is 0 Å². The molecule has 106 valence electrons. The maximum Gasteiger partial charge on any atom is 0.335 e. The molecule has 1 heterocycles.